The Morgan fingerprint density at radius 1 is 1.77 bits per heavy atom. The number of nitrogens with zero attached hydrogens (tertiary/aromatic N) is 1. The Bertz CT molecular complexity index is 188. The number of halogens is 1. The number of likely N-dealkylation sites (tertiary alicyclic amines) is 1. The second-order valence-electron chi connectivity index (χ2n) is 3.16. The highest BCUT2D eigenvalue weighted by Gasteiger charge is 2.30. The first-order chi connectivity index (χ1) is 6.16. The van der Waals surface area contributed by atoms with Gasteiger partial charge in [0.15, 0.2) is 6.07 Å². The van der Waals surface area contributed by atoms with Gasteiger partial charge in [0.1, 0.15) is 0 Å². The highest BCUT2D eigenvalue weighted by molar-refractivity contribution is 6.17. The van der Waals surface area contributed by atoms with Gasteiger partial charge in [0.25, 0.3) is 0 Å². The molecule has 0 spiro atoms. The number of alkyl halides is 1. The molecule has 0 saturated carbocycles. The monoisotopic (exact) mass is 207 g/mol. The molecule has 4 nitrogen and oxygen atoms in total. The van der Waals surface area contributed by atoms with Crippen LogP contribution in [0.3, 0.4) is 0 Å². The van der Waals surface area contributed by atoms with Crippen molar-refractivity contribution in [1.29, 1.82) is 0 Å². The van der Waals surface area contributed by atoms with Crippen molar-refractivity contribution in [2.24, 2.45) is 0 Å². The van der Waals surface area contributed by atoms with Crippen LogP contribution in [0.25, 0.3) is 0 Å². The fourth-order valence-corrected chi connectivity index (χ4v) is 1.60. The molecular weight excluding hydrogens is 194 g/mol. The zero-order valence-electron chi connectivity index (χ0n) is 7.57. The van der Waals surface area contributed by atoms with Crippen LogP contribution in [-0.4, -0.2) is 40.9 Å². The molecule has 1 heterocycles. The van der Waals surface area contributed by atoms with Crippen molar-refractivity contribution in [3.8, 4) is 0 Å². The molecule has 1 fully saturated rings. The second kappa shape index (κ2) is 4.67. The molecular formula is C8H14ClNO3. The first-order valence-electron chi connectivity index (χ1n) is 4.34. The molecule has 0 aromatic carbocycles. The van der Waals surface area contributed by atoms with Gasteiger partial charge in [-0.3, -0.25) is 0 Å². The maximum Gasteiger partial charge on any atom is 0.411 e. The van der Waals surface area contributed by atoms with Crippen LogP contribution in [0.5, 0.6) is 0 Å². The molecule has 2 atom stereocenters. The van der Waals surface area contributed by atoms with Crippen LogP contribution >= 0.6 is 11.6 Å². The van der Waals surface area contributed by atoms with E-state index >= 15 is 0 Å². The van der Waals surface area contributed by atoms with Crippen LogP contribution in [0.2, 0.25) is 0 Å². The molecule has 5 heteroatoms. The summed E-state index contributed by atoms with van der Waals surface area (Å²) in [6.07, 6.45) is 0.659. The van der Waals surface area contributed by atoms with Crippen LogP contribution in [0.1, 0.15) is 19.8 Å². The van der Waals surface area contributed by atoms with E-state index in [1.54, 1.807) is 6.92 Å². The normalized spacial score (nSPS) is 28.7. The number of aliphatic hydroxyl groups excluding tert-OH is 1. The molecule has 1 aliphatic rings. The minimum atomic E-state index is -0.448. The van der Waals surface area contributed by atoms with Gasteiger partial charge in [-0.05, 0) is 19.8 Å². The molecule has 13 heavy (non-hydrogen) atoms. The quantitative estimate of drug-likeness (QED) is 0.657. The molecule has 1 N–H and O–H groups in total. The van der Waals surface area contributed by atoms with Crippen molar-refractivity contribution in [2.75, 3.05) is 12.6 Å². The summed E-state index contributed by atoms with van der Waals surface area (Å²) in [6.45, 7) is 2.44. The Labute approximate surface area is 82.4 Å². The molecule has 0 aliphatic carbocycles. The summed E-state index contributed by atoms with van der Waals surface area (Å²) in [5, 5.41) is 9.48. The van der Waals surface area contributed by atoms with Gasteiger partial charge in [-0.2, -0.15) is 0 Å². The van der Waals surface area contributed by atoms with Crippen LogP contribution in [0, 0.1) is 0 Å². The summed E-state index contributed by atoms with van der Waals surface area (Å²) in [4.78, 5) is 12.8. The minimum absolute atomic E-state index is 0.141. The SMILES string of the molecule is CC1C(O)CCCN1C(=O)OCCl. The maximum absolute atomic E-state index is 11.3. The topological polar surface area (TPSA) is 49.8 Å². The van der Waals surface area contributed by atoms with Crippen LogP contribution in [-0.2, 0) is 4.74 Å². The molecule has 0 radical (unpaired) electrons. The Kier molecular flexibility index (Phi) is 3.81. The van der Waals surface area contributed by atoms with Crippen LogP contribution < -0.4 is 0 Å². The molecule has 1 amide bonds. The zero-order chi connectivity index (χ0) is 9.84. The second-order valence-corrected chi connectivity index (χ2v) is 3.38. The Hall–Kier alpha value is -0.480. The fraction of sp³-hybridized carbons (Fsp3) is 0.875. The van der Waals surface area contributed by atoms with Crippen molar-refractivity contribution in [3.05, 3.63) is 0 Å². The highest BCUT2D eigenvalue weighted by Crippen LogP contribution is 2.17. The number of aliphatic hydroxyl groups is 1. The average Bonchev–Trinajstić information content (AvgIpc) is 2.10. The zero-order valence-corrected chi connectivity index (χ0v) is 8.33. The summed E-state index contributed by atoms with van der Waals surface area (Å²) >= 11 is 5.27. The maximum atomic E-state index is 11.3. The molecule has 1 rings (SSSR count). The van der Waals surface area contributed by atoms with E-state index in [-0.39, 0.29) is 12.1 Å². The predicted octanol–water partition coefficient (Wildman–Crippen LogP) is 1.16. The molecule has 2 unspecified atom stereocenters. The summed E-state index contributed by atoms with van der Waals surface area (Å²) in [5.74, 6) is 0. The average molecular weight is 208 g/mol. The van der Waals surface area contributed by atoms with Crippen molar-refractivity contribution >= 4 is 17.7 Å². The van der Waals surface area contributed by atoms with Gasteiger partial charge in [-0.15, -0.1) is 0 Å². The lowest BCUT2D eigenvalue weighted by Crippen LogP contribution is -2.49. The number of amides is 1. The van der Waals surface area contributed by atoms with Gasteiger partial charge >= 0.3 is 6.09 Å². The first kappa shape index (κ1) is 10.6. The highest BCUT2D eigenvalue weighted by atomic mass is 35.5. The smallest absolute Gasteiger partial charge is 0.411 e. The summed E-state index contributed by atoms with van der Waals surface area (Å²) < 4.78 is 4.64. The first-order valence-corrected chi connectivity index (χ1v) is 4.87. The van der Waals surface area contributed by atoms with Crippen molar-refractivity contribution < 1.29 is 14.6 Å². The number of rotatable bonds is 1. The minimum Gasteiger partial charge on any atom is -0.433 e. The van der Waals surface area contributed by atoms with Crippen molar-refractivity contribution in [1.82, 2.24) is 4.90 Å². The predicted molar refractivity (Wildman–Crippen MR) is 48.6 cm³/mol. The lowest BCUT2D eigenvalue weighted by atomic mass is 10.0. The lowest BCUT2D eigenvalue weighted by molar-refractivity contribution is 0.0169. The Balaban J connectivity index is 2.52. The van der Waals surface area contributed by atoms with E-state index in [9.17, 15) is 9.90 Å². The number of piperidine rings is 1. The van der Waals surface area contributed by atoms with E-state index in [1.165, 1.54) is 4.90 Å². The van der Waals surface area contributed by atoms with E-state index in [2.05, 4.69) is 4.74 Å². The van der Waals surface area contributed by atoms with Crippen molar-refractivity contribution in [2.45, 2.75) is 31.9 Å². The third kappa shape index (κ3) is 2.48. The van der Waals surface area contributed by atoms with Crippen LogP contribution in [0.4, 0.5) is 4.79 Å². The third-order valence-corrected chi connectivity index (χ3v) is 2.47. The van der Waals surface area contributed by atoms with E-state index in [0.717, 1.165) is 12.8 Å². The standard InChI is InChI=1S/C8H14ClNO3/c1-6-7(11)3-2-4-10(6)8(12)13-5-9/h6-7,11H,2-5H2,1H3. The number of hydrogen-bond acceptors (Lipinski definition) is 3. The lowest BCUT2D eigenvalue weighted by Gasteiger charge is -2.35. The van der Waals surface area contributed by atoms with Crippen molar-refractivity contribution in [3.63, 3.8) is 0 Å². The van der Waals surface area contributed by atoms with E-state index < -0.39 is 12.2 Å². The Morgan fingerprint density at radius 2 is 2.46 bits per heavy atom. The third-order valence-electron chi connectivity index (χ3n) is 2.36. The van der Waals surface area contributed by atoms with Gasteiger partial charge in [-0.25, -0.2) is 4.79 Å². The molecule has 0 aromatic heterocycles. The van der Waals surface area contributed by atoms with Gasteiger partial charge < -0.3 is 14.7 Å². The number of hydrogen-bond donors (Lipinski definition) is 1. The fourth-order valence-electron chi connectivity index (χ4n) is 1.51. The molecule has 76 valence electrons. The summed E-state index contributed by atoms with van der Waals surface area (Å²) in [7, 11) is 0. The molecule has 0 bridgehead atoms. The Morgan fingerprint density at radius 3 is 3.08 bits per heavy atom. The number of ether oxygens (including phenoxy) is 1. The molecule has 0 aromatic rings. The van der Waals surface area contributed by atoms with E-state index in [0.29, 0.717) is 6.54 Å². The van der Waals surface area contributed by atoms with Gasteiger partial charge in [0.05, 0.1) is 12.1 Å². The molecule has 1 saturated heterocycles. The summed E-state index contributed by atoms with van der Waals surface area (Å²) in [6, 6.07) is -0.317. The van der Waals surface area contributed by atoms with E-state index in [1.807, 2.05) is 0 Å². The largest absolute Gasteiger partial charge is 0.433 e. The van der Waals surface area contributed by atoms with E-state index in [4.69, 9.17) is 11.6 Å². The van der Waals surface area contributed by atoms with Crippen LogP contribution in [0.15, 0.2) is 0 Å². The van der Waals surface area contributed by atoms with Gasteiger partial charge in [0.2, 0.25) is 0 Å². The summed E-state index contributed by atoms with van der Waals surface area (Å²) in [5.41, 5.74) is 0. The molecule has 1 aliphatic heterocycles. The van der Waals surface area contributed by atoms with Gasteiger partial charge in [0, 0.05) is 6.54 Å². The van der Waals surface area contributed by atoms with Gasteiger partial charge in [-0.1, -0.05) is 11.6 Å². The number of carbonyl (C=O) groups is 1. The number of carbonyl (C=O) groups excluding carboxylic acids is 1.